The van der Waals surface area contributed by atoms with Crippen molar-refractivity contribution in [1.29, 1.82) is 0 Å². The SMILES string of the molecule is Nc1nnc(-c2ccnn2CC(F)F)s1. The fourth-order valence-corrected chi connectivity index (χ4v) is 1.77. The van der Waals surface area contributed by atoms with Gasteiger partial charge in [0, 0.05) is 6.20 Å². The molecule has 8 heteroatoms. The van der Waals surface area contributed by atoms with Crippen molar-refractivity contribution in [2.75, 3.05) is 5.73 Å². The number of hydrogen-bond acceptors (Lipinski definition) is 5. The van der Waals surface area contributed by atoms with Gasteiger partial charge in [-0.2, -0.15) is 5.10 Å². The molecule has 0 aliphatic heterocycles. The highest BCUT2D eigenvalue weighted by Gasteiger charge is 2.13. The molecule has 80 valence electrons. The normalized spacial score (nSPS) is 11.1. The second-order valence-electron chi connectivity index (χ2n) is 2.74. The third-order valence-corrected chi connectivity index (χ3v) is 2.46. The van der Waals surface area contributed by atoms with Gasteiger partial charge in [-0.05, 0) is 6.07 Å². The molecule has 0 unspecified atom stereocenters. The van der Waals surface area contributed by atoms with Gasteiger partial charge in [-0.15, -0.1) is 10.2 Å². The molecule has 0 amide bonds. The molecule has 5 nitrogen and oxygen atoms in total. The fraction of sp³-hybridized carbons (Fsp3) is 0.286. The van der Waals surface area contributed by atoms with Crippen LogP contribution in [0.4, 0.5) is 13.9 Å². The zero-order valence-electron chi connectivity index (χ0n) is 7.47. The minimum atomic E-state index is -2.45. The molecule has 0 saturated carbocycles. The Bertz CT molecular complexity index is 452. The van der Waals surface area contributed by atoms with Crippen molar-refractivity contribution < 1.29 is 8.78 Å². The summed E-state index contributed by atoms with van der Waals surface area (Å²) in [5.74, 6) is 0. The predicted molar refractivity (Wildman–Crippen MR) is 51.5 cm³/mol. The molecule has 0 aliphatic rings. The number of anilines is 1. The lowest BCUT2D eigenvalue weighted by Crippen LogP contribution is -2.09. The first-order valence-electron chi connectivity index (χ1n) is 4.06. The largest absolute Gasteiger partial charge is 0.374 e. The Kier molecular flexibility index (Phi) is 2.58. The van der Waals surface area contributed by atoms with Crippen molar-refractivity contribution in [3.8, 4) is 10.7 Å². The standard InChI is InChI=1S/C7H7F2N5S/c8-5(9)3-14-4(1-2-11-14)6-12-13-7(10)15-6/h1-2,5H,3H2,(H2,10,13). The summed E-state index contributed by atoms with van der Waals surface area (Å²) in [5.41, 5.74) is 5.91. The van der Waals surface area contributed by atoms with Crippen LogP contribution in [0.1, 0.15) is 0 Å². The van der Waals surface area contributed by atoms with E-state index in [0.29, 0.717) is 15.8 Å². The summed E-state index contributed by atoms with van der Waals surface area (Å²) in [6.07, 6.45) is -1.01. The van der Waals surface area contributed by atoms with E-state index in [1.54, 1.807) is 6.07 Å². The van der Waals surface area contributed by atoms with E-state index in [1.807, 2.05) is 0 Å². The van der Waals surface area contributed by atoms with Crippen molar-refractivity contribution in [2.45, 2.75) is 13.0 Å². The van der Waals surface area contributed by atoms with Crippen LogP contribution in [0.2, 0.25) is 0 Å². The van der Waals surface area contributed by atoms with Gasteiger partial charge in [-0.3, -0.25) is 4.68 Å². The average molecular weight is 231 g/mol. The van der Waals surface area contributed by atoms with Gasteiger partial charge in [0.25, 0.3) is 6.43 Å². The van der Waals surface area contributed by atoms with E-state index in [9.17, 15) is 8.78 Å². The fourth-order valence-electron chi connectivity index (χ4n) is 1.13. The first-order valence-corrected chi connectivity index (χ1v) is 4.88. The maximum Gasteiger partial charge on any atom is 0.257 e. The molecule has 2 aromatic rings. The zero-order valence-corrected chi connectivity index (χ0v) is 8.29. The Labute approximate surface area is 87.5 Å². The lowest BCUT2D eigenvalue weighted by Gasteiger charge is -2.02. The summed E-state index contributed by atoms with van der Waals surface area (Å²) in [5, 5.41) is 11.9. The van der Waals surface area contributed by atoms with Gasteiger partial charge >= 0.3 is 0 Å². The van der Waals surface area contributed by atoms with Gasteiger partial charge in [-0.25, -0.2) is 8.78 Å². The second-order valence-corrected chi connectivity index (χ2v) is 3.74. The molecule has 0 aliphatic carbocycles. The van der Waals surface area contributed by atoms with E-state index >= 15 is 0 Å². The van der Waals surface area contributed by atoms with E-state index in [4.69, 9.17) is 5.73 Å². The summed E-state index contributed by atoms with van der Waals surface area (Å²) in [4.78, 5) is 0. The van der Waals surface area contributed by atoms with Gasteiger partial charge in [0.15, 0.2) is 5.01 Å². The Morgan fingerprint density at radius 1 is 1.47 bits per heavy atom. The average Bonchev–Trinajstić information content (AvgIpc) is 2.72. The summed E-state index contributed by atoms with van der Waals surface area (Å²) in [6.45, 7) is -0.457. The van der Waals surface area contributed by atoms with E-state index in [1.165, 1.54) is 10.9 Å². The van der Waals surface area contributed by atoms with Crippen molar-refractivity contribution >= 4 is 16.5 Å². The van der Waals surface area contributed by atoms with E-state index in [2.05, 4.69) is 15.3 Å². The number of nitrogens with zero attached hydrogens (tertiary/aromatic N) is 4. The first kappa shape index (κ1) is 9.97. The molecule has 0 fully saturated rings. The first-order chi connectivity index (χ1) is 7.16. The third-order valence-electron chi connectivity index (χ3n) is 1.69. The molecule has 0 bridgehead atoms. The molecule has 0 aromatic carbocycles. The number of rotatable bonds is 3. The van der Waals surface area contributed by atoms with Crippen molar-refractivity contribution in [3.05, 3.63) is 12.3 Å². The smallest absolute Gasteiger partial charge is 0.257 e. The topological polar surface area (TPSA) is 69.6 Å². The van der Waals surface area contributed by atoms with Crippen LogP contribution in [-0.2, 0) is 6.54 Å². The number of alkyl halides is 2. The summed E-state index contributed by atoms with van der Waals surface area (Å²) < 4.78 is 25.5. The maximum atomic E-state index is 12.2. The quantitative estimate of drug-likeness (QED) is 0.863. The Morgan fingerprint density at radius 2 is 2.27 bits per heavy atom. The van der Waals surface area contributed by atoms with E-state index in [-0.39, 0.29) is 0 Å². The van der Waals surface area contributed by atoms with Crippen molar-refractivity contribution in [2.24, 2.45) is 0 Å². The van der Waals surface area contributed by atoms with Gasteiger partial charge in [-0.1, -0.05) is 11.3 Å². The number of nitrogen functional groups attached to an aromatic ring is 1. The molecule has 2 aromatic heterocycles. The molecule has 0 atom stereocenters. The Balaban J connectivity index is 2.32. The molecule has 2 N–H and O–H groups in total. The highest BCUT2D eigenvalue weighted by molar-refractivity contribution is 7.18. The molecular weight excluding hydrogens is 224 g/mol. The van der Waals surface area contributed by atoms with E-state index in [0.717, 1.165) is 11.3 Å². The number of hydrogen-bond donors (Lipinski definition) is 1. The number of halogens is 2. The van der Waals surface area contributed by atoms with Crippen molar-refractivity contribution in [3.63, 3.8) is 0 Å². The number of nitrogens with two attached hydrogens (primary N) is 1. The second kappa shape index (κ2) is 3.89. The maximum absolute atomic E-state index is 12.2. The Hall–Kier alpha value is -1.57. The summed E-state index contributed by atoms with van der Waals surface area (Å²) >= 11 is 1.14. The van der Waals surface area contributed by atoms with Crippen LogP contribution in [0.3, 0.4) is 0 Å². The Morgan fingerprint density at radius 3 is 2.87 bits per heavy atom. The minimum absolute atomic E-state index is 0.301. The van der Waals surface area contributed by atoms with Crippen LogP contribution in [-0.4, -0.2) is 26.4 Å². The van der Waals surface area contributed by atoms with E-state index < -0.39 is 13.0 Å². The monoisotopic (exact) mass is 231 g/mol. The lowest BCUT2D eigenvalue weighted by molar-refractivity contribution is 0.122. The van der Waals surface area contributed by atoms with Crippen LogP contribution in [0.25, 0.3) is 10.7 Å². The summed E-state index contributed by atoms with van der Waals surface area (Å²) in [7, 11) is 0. The summed E-state index contributed by atoms with van der Waals surface area (Å²) in [6, 6.07) is 1.60. The van der Waals surface area contributed by atoms with Gasteiger partial charge in [0.05, 0.1) is 5.69 Å². The third kappa shape index (κ3) is 2.09. The lowest BCUT2D eigenvalue weighted by atomic mass is 10.4. The van der Waals surface area contributed by atoms with Crippen molar-refractivity contribution in [1.82, 2.24) is 20.0 Å². The highest BCUT2D eigenvalue weighted by Crippen LogP contribution is 2.24. The molecule has 2 rings (SSSR count). The van der Waals surface area contributed by atoms with Crippen LogP contribution >= 0.6 is 11.3 Å². The zero-order chi connectivity index (χ0) is 10.8. The molecule has 0 spiro atoms. The molecule has 2 heterocycles. The van der Waals surface area contributed by atoms with Crippen LogP contribution in [0.5, 0.6) is 0 Å². The molecular formula is C7H7F2N5S. The number of aromatic nitrogens is 4. The van der Waals surface area contributed by atoms with Gasteiger partial charge < -0.3 is 5.73 Å². The predicted octanol–water partition coefficient (Wildman–Crippen LogP) is 1.25. The molecule has 0 saturated heterocycles. The highest BCUT2D eigenvalue weighted by atomic mass is 32.1. The van der Waals surface area contributed by atoms with Gasteiger partial charge in [0.1, 0.15) is 6.54 Å². The van der Waals surface area contributed by atoms with Crippen LogP contribution < -0.4 is 5.73 Å². The van der Waals surface area contributed by atoms with Crippen LogP contribution in [0, 0.1) is 0 Å². The molecule has 0 radical (unpaired) electrons. The minimum Gasteiger partial charge on any atom is -0.374 e. The van der Waals surface area contributed by atoms with Gasteiger partial charge in [0.2, 0.25) is 5.13 Å². The van der Waals surface area contributed by atoms with Crippen LogP contribution in [0.15, 0.2) is 12.3 Å². The molecule has 15 heavy (non-hydrogen) atoms.